The highest BCUT2D eigenvalue weighted by atomic mass is 32.1. The van der Waals surface area contributed by atoms with Gasteiger partial charge in [-0.15, -0.1) is 0 Å². The van der Waals surface area contributed by atoms with Gasteiger partial charge in [0, 0.05) is 38.7 Å². The van der Waals surface area contributed by atoms with Gasteiger partial charge in [0.1, 0.15) is 0 Å². The molecule has 16 heavy (non-hydrogen) atoms. The fourth-order valence-corrected chi connectivity index (χ4v) is 1.24. The molecule has 0 aliphatic carbocycles. The molecule has 1 heterocycles. The summed E-state index contributed by atoms with van der Waals surface area (Å²) in [6.45, 7) is 2.55. The normalized spacial score (nSPS) is 9.81. The largest absolute Gasteiger partial charge is 0.366 e. The molecule has 6 heteroatoms. The second kappa shape index (κ2) is 7.95. The number of nitrogens with one attached hydrogen (secondary N) is 3. The van der Waals surface area contributed by atoms with E-state index in [0.717, 1.165) is 31.7 Å². The van der Waals surface area contributed by atoms with Gasteiger partial charge in [0.05, 0.1) is 5.69 Å². The molecule has 0 bridgehead atoms. The Morgan fingerprint density at radius 2 is 2.25 bits per heavy atom. The Morgan fingerprint density at radius 1 is 1.38 bits per heavy atom. The molecular weight excluding hydrogens is 222 g/mol. The van der Waals surface area contributed by atoms with E-state index in [0.29, 0.717) is 5.11 Å². The zero-order chi connectivity index (χ0) is 11.6. The summed E-state index contributed by atoms with van der Waals surface area (Å²) >= 11 is 4.95. The molecule has 1 aromatic heterocycles. The first-order chi connectivity index (χ1) is 7.83. The van der Waals surface area contributed by atoms with Crippen molar-refractivity contribution in [3.05, 3.63) is 24.3 Å². The maximum absolute atomic E-state index is 4.95. The predicted octanol–water partition coefficient (Wildman–Crippen LogP) is 0.0502. The molecular formula is C10H17N5S. The molecule has 3 N–H and O–H groups in total. The van der Waals surface area contributed by atoms with Crippen molar-refractivity contribution in [3.8, 4) is 0 Å². The predicted molar refractivity (Wildman–Crippen MR) is 68.0 cm³/mol. The van der Waals surface area contributed by atoms with Crippen LogP contribution in [-0.2, 0) is 6.54 Å². The zero-order valence-corrected chi connectivity index (χ0v) is 10.2. The lowest BCUT2D eigenvalue weighted by atomic mass is 10.4. The standard InChI is InChI=1S/C10H17N5S/c1-11-10(16)15-4-2-3-12-7-9-8-13-5-6-14-9/h5-6,8,12H,2-4,7H2,1H3,(H2,11,15,16). The summed E-state index contributed by atoms with van der Waals surface area (Å²) < 4.78 is 0. The number of aromatic nitrogens is 2. The molecule has 0 radical (unpaired) electrons. The maximum Gasteiger partial charge on any atom is 0.166 e. The third kappa shape index (κ3) is 5.57. The first-order valence-corrected chi connectivity index (χ1v) is 5.65. The second-order valence-electron chi connectivity index (χ2n) is 3.23. The zero-order valence-electron chi connectivity index (χ0n) is 9.36. The third-order valence-electron chi connectivity index (χ3n) is 1.97. The number of nitrogens with zero attached hydrogens (tertiary/aromatic N) is 2. The smallest absolute Gasteiger partial charge is 0.166 e. The Bertz CT molecular complexity index is 303. The lowest BCUT2D eigenvalue weighted by Gasteiger charge is -2.07. The molecule has 0 aromatic carbocycles. The van der Waals surface area contributed by atoms with Crippen molar-refractivity contribution < 1.29 is 0 Å². The molecule has 0 amide bonds. The highest BCUT2D eigenvalue weighted by Gasteiger charge is 1.93. The van der Waals surface area contributed by atoms with Crippen LogP contribution in [0.3, 0.4) is 0 Å². The molecule has 5 nitrogen and oxygen atoms in total. The van der Waals surface area contributed by atoms with Crippen LogP contribution in [-0.4, -0.2) is 35.2 Å². The lowest BCUT2D eigenvalue weighted by Crippen LogP contribution is -2.34. The van der Waals surface area contributed by atoms with Gasteiger partial charge in [-0.1, -0.05) is 0 Å². The van der Waals surface area contributed by atoms with Crippen LogP contribution in [0.5, 0.6) is 0 Å². The Labute approximate surface area is 101 Å². The second-order valence-corrected chi connectivity index (χ2v) is 3.64. The van der Waals surface area contributed by atoms with E-state index in [1.54, 1.807) is 18.6 Å². The molecule has 0 spiro atoms. The number of thiocarbonyl (C=S) groups is 1. The average Bonchev–Trinajstić information content (AvgIpc) is 2.34. The minimum absolute atomic E-state index is 0.689. The first-order valence-electron chi connectivity index (χ1n) is 5.24. The number of rotatable bonds is 6. The molecule has 0 fully saturated rings. The van der Waals surface area contributed by atoms with E-state index >= 15 is 0 Å². The van der Waals surface area contributed by atoms with Crippen LogP contribution >= 0.6 is 12.2 Å². The van der Waals surface area contributed by atoms with Crippen LogP contribution in [0.15, 0.2) is 18.6 Å². The lowest BCUT2D eigenvalue weighted by molar-refractivity contribution is 0.630. The van der Waals surface area contributed by atoms with Gasteiger partial charge in [-0.2, -0.15) is 0 Å². The highest BCUT2D eigenvalue weighted by molar-refractivity contribution is 7.80. The molecule has 88 valence electrons. The van der Waals surface area contributed by atoms with Crippen molar-refractivity contribution in [2.45, 2.75) is 13.0 Å². The summed E-state index contributed by atoms with van der Waals surface area (Å²) in [5.74, 6) is 0. The van der Waals surface area contributed by atoms with Crippen molar-refractivity contribution in [2.75, 3.05) is 20.1 Å². The van der Waals surface area contributed by atoms with Gasteiger partial charge in [-0.05, 0) is 25.2 Å². The summed E-state index contributed by atoms with van der Waals surface area (Å²) in [7, 11) is 1.81. The molecule has 1 rings (SSSR count). The molecule has 0 saturated heterocycles. The Balaban J connectivity index is 1.98. The van der Waals surface area contributed by atoms with Gasteiger partial charge in [0.2, 0.25) is 0 Å². The minimum Gasteiger partial charge on any atom is -0.366 e. The van der Waals surface area contributed by atoms with E-state index in [2.05, 4.69) is 25.9 Å². The van der Waals surface area contributed by atoms with Crippen LogP contribution in [0.25, 0.3) is 0 Å². The van der Waals surface area contributed by atoms with Crippen LogP contribution in [0.2, 0.25) is 0 Å². The summed E-state index contributed by atoms with van der Waals surface area (Å²) in [5.41, 5.74) is 0.959. The third-order valence-corrected chi connectivity index (χ3v) is 2.31. The van der Waals surface area contributed by atoms with Crippen molar-refractivity contribution in [1.82, 2.24) is 25.9 Å². The van der Waals surface area contributed by atoms with E-state index in [1.165, 1.54) is 0 Å². The average molecular weight is 239 g/mol. The van der Waals surface area contributed by atoms with Crippen LogP contribution in [0.1, 0.15) is 12.1 Å². The van der Waals surface area contributed by atoms with Crippen molar-refractivity contribution in [1.29, 1.82) is 0 Å². The van der Waals surface area contributed by atoms with Crippen LogP contribution < -0.4 is 16.0 Å². The van der Waals surface area contributed by atoms with Crippen LogP contribution in [0, 0.1) is 0 Å². The topological polar surface area (TPSA) is 61.9 Å². The van der Waals surface area contributed by atoms with Crippen molar-refractivity contribution in [3.63, 3.8) is 0 Å². The summed E-state index contributed by atoms with van der Waals surface area (Å²) in [4.78, 5) is 8.16. The molecule has 0 aliphatic heterocycles. The van der Waals surface area contributed by atoms with E-state index in [4.69, 9.17) is 12.2 Å². The summed E-state index contributed by atoms with van der Waals surface area (Å²) in [6.07, 6.45) is 6.15. The molecule has 0 aliphatic rings. The van der Waals surface area contributed by atoms with E-state index < -0.39 is 0 Å². The molecule has 0 unspecified atom stereocenters. The van der Waals surface area contributed by atoms with Gasteiger partial charge in [-0.25, -0.2) is 0 Å². The highest BCUT2D eigenvalue weighted by Crippen LogP contribution is 1.88. The van der Waals surface area contributed by atoms with Crippen molar-refractivity contribution in [2.24, 2.45) is 0 Å². The molecule has 0 atom stereocenters. The summed E-state index contributed by atoms with van der Waals surface area (Å²) in [5, 5.41) is 9.92. The quantitative estimate of drug-likeness (QED) is 0.482. The fraction of sp³-hybridized carbons (Fsp3) is 0.500. The molecule has 0 saturated carbocycles. The van der Waals surface area contributed by atoms with Gasteiger partial charge in [-0.3, -0.25) is 9.97 Å². The van der Waals surface area contributed by atoms with Crippen LogP contribution in [0.4, 0.5) is 0 Å². The van der Waals surface area contributed by atoms with Crippen molar-refractivity contribution >= 4 is 17.3 Å². The fourth-order valence-electron chi connectivity index (χ4n) is 1.14. The van der Waals surface area contributed by atoms with E-state index in [1.807, 2.05) is 7.05 Å². The van der Waals surface area contributed by atoms with Gasteiger partial charge in [0.25, 0.3) is 0 Å². The SMILES string of the molecule is CNC(=S)NCCCNCc1cnccn1. The van der Waals surface area contributed by atoms with E-state index in [-0.39, 0.29) is 0 Å². The Kier molecular flexibility index (Phi) is 6.36. The minimum atomic E-state index is 0.689. The maximum atomic E-state index is 4.95. The van der Waals surface area contributed by atoms with Gasteiger partial charge >= 0.3 is 0 Å². The molecule has 1 aromatic rings. The van der Waals surface area contributed by atoms with Gasteiger partial charge < -0.3 is 16.0 Å². The van der Waals surface area contributed by atoms with Gasteiger partial charge in [0.15, 0.2) is 5.11 Å². The Hall–Kier alpha value is -1.27. The summed E-state index contributed by atoms with van der Waals surface area (Å²) in [6, 6.07) is 0. The Morgan fingerprint density at radius 3 is 2.94 bits per heavy atom. The number of hydrogen-bond acceptors (Lipinski definition) is 4. The number of hydrogen-bond donors (Lipinski definition) is 3. The first kappa shape index (κ1) is 12.8. The monoisotopic (exact) mass is 239 g/mol. The van der Waals surface area contributed by atoms with E-state index in [9.17, 15) is 0 Å².